The first-order chi connectivity index (χ1) is 6.59. The van der Waals surface area contributed by atoms with Crippen molar-refractivity contribution < 1.29 is 23.8 Å². The van der Waals surface area contributed by atoms with E-state index in [0.717, 1.165) is 0 Å². The molecule has 5 nitrogen and oxygen atoms in total. The third kappa shape index (κ3) is 3.08. The molecule has 1 rings (SSSR count). The molecule has 2 atom stereocenters. The molecule has 0 bridgehead atoms. The first kappa shape index (κ1) is 10.6. The maximum atomic E-state index is 10.7. The van der Waals surface area contributed by atoms with Crippen LogP contribution in [0.2, 0.25) is 0 Å². The van der Waals surface area contributed by atoms with Crippen molar-refractivity contribution in [1.82, 2.24) is 0 Å². The summed E-state index contributed by atoms with van der Waals surface area (Å²) >= 11 is 0. The van der Waals surface area contributed by atoms with E-state index >= 15 is 0 Å². The first-order valence-electron chi connectivity index (χ1n) is 4.22. The van der Waals surface area contributed by atoms with E-state index in [-0.39, 0.29) is 6.61 Å². The van der Waals surface area contributed by atoms with Crippen molar-refractivity contribution in [1.29, 1.82) is 0 Å². The molecule has 0 unspecified atom stereocenters. The normalized spacial score (nSPS) is 25.0. The fraction of sp³-hybridized carbons (Fsp3) is 0.556. The molecular weight excluding hydrogens is 188 g/mol. The van der Waals surface area contributed by atoms with Crippen LogP contribution in [0.4, 0.5) is 0 Å². The molecule has 0 amide bonds. The molecule has 0 spiro atoms. The Balaban J connectivity index is 2.57. The van der Waals surface area contributed by atoms with E-state index in [2.05, 4.69) is 0 Å². The van der Waals surface area contributed by atoms with Crippen LogP contribution in [0.15, 0.2) is 12.3 Å². The molecule has 0 saturated carbocycles. The number of rotatable bonds is 2. The lowest BCUT2D eigenvalue weighted by Gasteiger charge is -2.26. The number of hydrogen-bond donors (Lipinski definition) is 0. The Morgan fingerprint density at radius 3 is 2.50 bits per heavy atom. The highest BCUT2D eigenvalue weighted by atomic mass is 16.6. The van der Waals surface area contributed by atoms with E-state index in [9.17, 15) is 9.59 Å². The summed E-state index contributed by atoms with van der Waals surface area (Å²) in [4.78, 5) is 21.4. The molecule has 0 aromatic rings. The molecule has 0 aromatic carbocycles. The topological polar surface area (TPSA) is 61.8 Å². The van der Waals surface area contributed by atoms with Gasteiger partial charge < -0.3 is 14.2 Å². The Morgan fingerprint density at radius 2 is 1.93 bits per heavy atom. The van der Waals surface area contributed by atoms with Gasteiger partial charge in [-0.25, -0.2) is 0 Å². The van der Waals surface area contributed by atoms with Crippen molar-refractivity contribution in [2.75, 3.05) is 6.61 Å². The minimum atomic E-state index is -0.554. The zero-order valence-corrected chi connectivity index (χ0v) is 8.06. The lowest BCUT2D eigenvalue weighted by atomic mass is 10.2. The van der Waals surface area contributed by atoms with Crippen LogP contribution >= 0.6 is 0 Å². The van der Waals surface area contributed by atoms with Gasteiger partial charge in [-0.05, 0) is 6.08 Å². The average Bonchev–Trinajstić information content (AvgIpc) is 2.06. The van der Waals surface area contributed by atoms with Crippen LogP contribution < -0.4 is 0 Å². The number of esters is 2. The molecule has 0 saturated heterocycles. The Kier molecular flexibility index (Phi) is 3.50. The molecule has 0 aliphatic carbocycles. The summed E-state index contributed by atoms with van der Waals surface area (Å²) in [6.45, 7) is 2.80. The van der Waals surface area contributed by atoms with Gasteiger partial charge in [0.15, 0.2) is 12.2 Å². The maximum absolute atomic E-state index is 10.7. The van der Waals surface area contributed by atoms with Crippen molar-refractivity contribution in [3.05, 3.63) is 12.3 Å². The van der Waals surface area contributed by atoms with E-state index < -0.39 is 24.1 Å². The predicted octanol–water partition coefficient (Wildman–Crippen LogP) is 0.394. The number of hydrogen-bond acceptors (Lipinski definition) is 5. The zero-order valence-electron chi connectivity index (χ0n) is 8.06. The third-order valence-electron chi connectivity index (χ3n) is 1.61. The highest BCUT2D eigenvalue weighted by Gasteiger charge is 2.27. The molecule has 1 heterocycles. The van der Waals surface area contributed by atoms with Gasteiger partial charge in [0.1, 0.15) is 6.61 Å². The molecule has 14 heavy (non-hydrogen) atoms. The van der Waals surface area contributed by atoms with E-state index in [1.807, 2.05) is 0 Å². The Bertz CT molecular complexity index is 258. The Morgan fingerprint density at radius 1 is 1.29 bits per heavy atom. The van der Waals surface area contributed by atoms with E-state index in [1.165, 1.54) is 20.1 Å². The van der Waals surface area contributed by atoms with Gasteiger partial charge in [-0.1, -0.05) is 0 Å². The summed E-state index contributed by atoms with van der Waals surface area (Å²) in [5, 5.41) is 0. The predicted molar refractivity (Wildman–Crippen MR) is 46.2 cm³/mol. The van der Waals surface area contributed by atoms with Crippen LogP contribution in [-0.4, -0.2) is 30.8 Å². The zero-order chi connectivity index (χ0) is 10.6. The minimum Gasteiger partial charge on any atom is -0.497 e. The molecular formula is C9H12O5. The number of carbonyl (C=O) groups is 2. The summed E-state index contributed by atoms with van der Waals surface area (Å²) in [7, 11) is 0. The number of carbonyl (C=O) groups excluding carboxylic acids is 2. The molecule has 78 valence electrons. The van der Waals surface area contributed by atoms with Gasteiger partial charge in [0, 0.05) is 13.8 Å². The molecule has 1 aliphatic rings. The van der Waals surface area contributed by atoms with Crippen LogP contribution in [0.3, 0.4) is 0 Å². The second-order valence-corrected chi connectivity index (χ2v) is 2.88. The van der Waals surface area contributed by atoms with E-state index in [1.54, 1.807) is 6.08 Å². The summed E-state index contributed by atoms with van der Waals surface area (Å²) < 4.78 is 14.8. The van der Waals surface area contributed by atoms with Crippen LogP contribution in [-0.2, 0) is 23.8 Å². The fourth-order valence-corrected chi connectivity index (χ4v) is 1.12. The van der Waals surface area contributed by atoms with Gasteiger partial charge in [0.25, 0.3) is 0 Å². The highest BCUT2D eigenvalue weighted by molar-refractivity contribution is 5.67. The van der Waals surface area contributed by atoms with Crippen LogP contribution in [0, 0.1) is 0 Å². The van der Waals surface area contributed by atoms with Crippen LogP contribution in [0.25, 0.3) is 0 Å². The van der Waals surface area contributed by atoms with Crippen molar-refractivity contribution in [2.24, 2.45) is 0 Å². The summed E-state index contributed by atoms with van der Waals surface area (Å²) in [5.41, 5.74) is 0. The molecule has 0 N–H and O–H groups in total. The van der Waals surface area contributed by atoms with Crippen LogP contribution in [0.5, 0.6) is 0 Å². The second-order valence-electron chi connectivity index (χ2n) is 2.88. The van der Waals surface area contributed by atoms with Gasteiger partial charge in [-0.3, -0.25) is 9.59 Å². The lowest BCUT2D eigenvalue weighted by molar-refractivity contribution is -0.166. The first-order valence-corrected chi connectivity index (χ1v) is 4.22. The van der Waals surface area contributed by atoms with E-state index in [0.29, 0.717) is 0 Å². The second kappa shape index (κ2) is 4.64. The van der Waals surface area contributed by atoms with Crippen LogP contribution in [0.1, 0.15) is 13.8 Å². The Labute approximate surface area is 81.6 Å². The maximum Gasteiger partial charge on any atom is 0.303 e. The SMILES string of the molecule is CC(=O)O[C@H]1COC=C[C@H]1OC(C)=O. The fourth-order valence-electron chi connectivity index (χ4n) is 1.12. The monoisotopic (exact) mass is 200 g/mol. The average molecular weight is 200 g/mol. The van der Waals surface area contributed by atoms with Gasteiger partial charge in [0.05, 0.1) is 6.26 Å². The van der Waals surface area contributed by atoms with Crippen molar-refractivity contribution in [3.8, 4) is 0 Å². The molecule has 0 fully saturated rings. The lowest BCUT2D eigenvalue weighted by Crippen LogP contribution is -2.38. The smallest absolute Gasteiger partial charge is 0.303 e. The molecule has 5 heteroatoms. The van der Waals surface area contributed by atoms with Gasteiger partial charge in [-0.2, -0.15) is 0 Å². The van der Waals surface area contributed by atoms with Gasteiger partial charge >= 0.3 is 11.9 Å². The Hall–Kier alpha value is -1.52. The van der Waals surface area contributed by atoms with Crippen molar-refractivity contribution >= 4 is 11.9 Å². The molecule has 0 radical (unpaired) electrons. The number of ether oxygens (including phenoxy) is 3. The van der Waals surface area contributed by atoms with E-state index in [4.69, 9.17) is 14.2 Å². The quantitative estimate of drug-likeness (QED) is 0.603. The van der Waals surface area contributed by atoms with Crippen molar-refractivity contribution in [2.45, 2.75) is 26.1 Å². The summed E-state index contributed by atoms with van der Waals surface area (Å²) in [6.07, 6.45) is 1.86. The summed E-state index contributed by atoms with van der Waals surface area (Å²) in [6, 6.07) is 0. The summed E-state index contributed by atoms with van der Waals surface area (Å²) in [5.74, 6) is -0.843. The van der Waals surface area contributed by atoms with Crippen molar-refractivity contribution in [3.63, 3.8) is 0 Å². The molecule has 1 aliphatic heterocycles. The highest BCUT2D eigenvalue weighted by Crippen LogP contribution is 2.12. The largest absolute Gasteiger partial charge is 0.497 e. The minimum absolute atomic E-state index is 0.202. The third-order valence-corrected chi connectivity index (χ3v) is 1.61. The molecule has 0 aromatic heterocycles. The van der Waals surface area contributed by atoms with Gasteiger partial charge in [-0.15, -0.1) is 0 Å². The standard InChI is InChI=1S/C9H12O5/c1-6(10)13-8-3-4-12-5-9(8)14-7(2)11/h3-4,8-9H,5H2,1-2H3/t8-,9+/m1/s1. The van der Waals surface area contributed by atoms with Gasteiger partial charge in [0.2, 0.25) is 0 Å².